The molecule has 0 fully saturated rings. The highest BCUT2D eigenvalue weighted by molar-refractivity contribution is 5.69. The summed E-state index contributed by atoms with van der Waals surface area (Å²) in [5.41, 5.74) is 0. The lowest BCUT2D eigenvalue weighted by Crippen LogP contribution is -2.18. The summed E-state index contributed by atoms with van der Waals surface area (Å²) in [6.45, 7) is 4.31. The van der Waals surface area contributed by atoms with Crippen molar-refractivity contribution in [3.05, 3.63) is 97.2 Å². The van der Waals surface area contributed by atoms with E-state index < -0.39 is 5.97 Å². The highest BCUT2D eigenvalue weighted by atomic mass is 16.5. The lowest BCUT2D eigenvalue weighted by molar-refractivity contribution is -0.150. The number of hydrogen-bond donors (Lipinski definition) is 1. The second kappa shape index (κ2) is 38.3. The van der Waals surface area contributed by atoms with E-state index in [9.17, 15) is 9.59 Å². The van der Waals surface area contributed by atoms with Crippen LogP contribution in [-0.2, 0) is 14.3 Å². The summed E-state index contributed by atoms with van der Waals surface area (Å²) in [4.78, 5) is 23.4. The Hall–Kier alpha value is -3.14. The highest BCUT2D eigenvalue weighted by Crippen LogP contribution is 2.17. The minimum Gasteiger partial charge on any atom is -0.481 e. The number of hydrogen-bond acceptors (Lipinski definition) is 3. The maximum atomic E-state index is 12.6. The lowest BCUT2D eigenvalue weighted by Gasteiger charge is -2.17. The van der Waals surface area contributed by atoms with Gasteiger partial charge < -0.3 is 9.84 Å². The number of carboxylic acid groups (broad SMARTS) is 1. The van der Waals surface area contributed by atoms with E-state index in [1.807, 2.05) is 0 Å². The van der Waals surface area contributed by atoms with E-state index in [-0.39, 0.29) is 18.5 Å². The summed E-state index contributed by atoms with van der Waals surface area (Å²) in [7, 11) is 0. The van der Waals surface area contributed by atoms with Crippen molar-refractivity contribution in [1.82, 2.24) is 0 Å². The number of carbonyl (C=O) groups excluding carboxylic acids is 1. The number of carbonyl (C=O) groups is 2. The number of ether oxygens (including phenoxy) is 1. The van der Waals surface area contributed by atoms with Gasteiger partial charge in [0.2, 0.25) is 0 Å². The molecule has 0 aliphatic rings. The lowest BCUT2D eigenvalue weighted by atomic mass is 10.0. The molecule has 0 bridgehead atoms. The van der Waals surface area contributed by atoms with Crippen molar-refractivity contribution >= 4 is 11.9 Å². The molecule has 48 heavy (non-hydrogen) atoms. The van der Waals surface area contributed by atoms with Crippen LogP contribution < -0.4 is 0 Å². The Labute approximate surface area is 295 Å². The maximum absolute atomic E-state index is 12.6. The molecule has 0 aliphatic heterocycles. The molecule has 0 aromatic rings. The Balaban J connectivity index is 4.25. The van der Waals surface area contributed by atoms with Crippen LogP contribution in [-0.4, -0.2) is 23.1 Å². The van der Waals surface area contributed by atoms with Crippen LogP contribution in [0.4, 0.5) is 0 Å². The monoisotopic (exact) mass is 663 g/mol. The summed E-state index contributed by atoms with van der Waals surface area (Å²) >= 11 is 0. The van der Waals surface area contributed by atoms with Crippen molar-refractivity contribution in [3.63, 3.8) is 0 Å². The van der Waals surface area contributed by atoms with Crippen LogP contribution in [0.3, 0.4) is 0 Å². The van der Waals surface area contributed by atoms with Gasteiger partial charge >= 0.3 is 11.9 Å². The fourth-order valence-corrected chi connectivity index (χ4v) is 5.05. The van der Waals surface area contributed by atoms with E-state index in [0.29, 0.717) is 6.42 Å². The molecule has 0 saturated carbocycles. The van der Waals surface area contributed by atoms with Crippen molar-refractivity contribution < 1.29 is 19.4 Å². The van der Waals surface area contributed by atoms with Gasteiger partial charge in [-0.2, -0.15) is 0 Å². The topological polar surface area (TPSA) is 63.6 Å². The zero-order valence-electron chi connectivity index (χ0n) is 30.8. The average molecular weight is 663 g/mol. The Kier molecular flexibility index (Phi) is 35.8. The van der Waals surface area contributed by atoms with Gasteiger partial charge in [0.1, 0.15) is 6.10 Å². The molecule has 0 heterocycles. The van der Waals surface area contributed by atoms with Crippen LogP contribution in [0.2, 0.25) is 0 Å². The Bertz CT molecular complexity index is 976. The van der Waals surface area contributed by atoms with Crippen molar-refractivity contribution in [3.8, 4) is 0 Å². The number of rotatable bonds is 33. The van der Waals surface area contributed by atoms with Crippen molar-refractivity contribution in [2.24, 2.45) is 0 Å². The van der Waals surface area contributed by atoms with Crippen LogP contribution in [0.25, 0.3) is 0 Å². The van der Waals surface area contributed by atoms with Crippen molar-refractivity contribution in [1.29, 1.82) is 0 Å². The van der Waals surface area contributed by atoms with Gasteiger partial charge in [0, 0.05) is 12.8 Å². The van der Waals surface area contributed by atoms with Gasteiger partial charge in [-0.25, -0.2) is 0 Å². The third-order valence-corrected chi connectivity index (χ3v) is 7.81. The van der Waals surface area contributed by atoms with Crippen molar-refractivity contribution in [2.45, 2.75) is 168 Å². The predicted molar refractivity (Wildman–Crippen MR) is 208 cm³/mol. The Morgan fingerprint density at radius 1 is 0.458 bits per heavy atom. The summed E-state index contributed by atoms with van der Waals surface area (Å²) in [5, 5.41) is 8.81. The molecular weight excluding hydrogens is 592 g/mol. The van der Waals surface area contributed by atoms with E-state index in [2.05, 4.69) is 111 Å². The molecule has 0 saturated heterocycles. The molecule has 0 radical (unpaired) electrons. The van der Waals surface area contributed by atoms with Crippen LogP contribution >= 0.6 is 0 Å². The predicted octanol–water partition coefficient (Wildman–Crippen LogP) is 13.4. The summed E-state index contributed by atoms with van der Waals surface area (Å²) < 4.78 is 5.94. The second-order valence-electron chi connectivity index (χ2n) is 12.3. The highest BCUT2D eigenvalue weighted by Gasteiger charge is 2.13. The fraction of sp³-hybridized carbons (Fsp3) is 0.591. The number of unbranched alkanes of at least 4 members (excludes halogenated alkanes) is 8. The average Bonchev–Trinajstić information content (AvgIpc) is 3.07. The molecule has 4 nitrogen and oxygen atoms in total. The molecule has 4 heteroatoms. The third-order valence-electron chi connectivity index (χ3n) is 7.81. The minimum absolute atomic E-state index is 0.0400. The molecule has 0 aliphatic carbocycles. The van der Waals surface area contributed by atoms with E-state index in [0.717, 1.165) is 135 Å². The van der Waals surface area contributed by atoms with Gasteiger partial charge in [-0.15, -0.1) is 0 Å². The van der Waals surface area contributed by atoms with Gasteiger partial charge in [-0.05, 0) is 103 Å². The smallest absolute Gasteiger partial charge is 0.306 e. The maximum Gasteiger partial charge on any atom is 0.306 e. The molecule has 0 amide bonds. The molecule has 1 atom stereocenters. The first-order valence-corrected chi connectivity index (χ1v) is 19.2. The normalized spacial score (nSPS) is 13.4. The summed E-state index contributed by atoms with van der Waals surface area (Å²) in [6, 6.07) is 0. The standard InChI is InChI=1S/C44H70O4/c1-3-5-7-9-11-13-15-17-18-19-20-22-24-26-28-33-37-41-44(47)48-42(39-35-31-29-32-36-40-43(45)46)38-34-30-27-25-23-21-16-14-12-10-8-6-4-2/h5-8,11-14,17-18,20-23,27,30,42H,3-4,9-10,15-16,19,24-26,28-29,31-41H2,1-2H3,(H,45,46)/b7-5-,8-6-,13-11-,14-12-,18-17-,22-20-,23-21-,30-27-. The van der Waals surface area contributed by atoms with Gasteiger partial charge in [0.25, 0.3) is 0 Å². The van der Waals surface area contributed by atoms with Crippen molar-refractivity contribution in [2.75, 3.05) is 0 Å². The van der Waals surface area contributed by atoms with Crippen LogP contribution in [0.5, 0.6) is 0 Å². The molecule has 0 rings (SSSR count). The largest absolute Gasteiger partial charge is 0.481 e. The van der Waals surface area contributed by atoms with Crippen LogP contribution in [0, 0.1) is 0 Å². The molecule has 0 aromatic heterocycles. The Morgan fingerprint density at radius 3 is 1.35 bits per heavy atom. The molecule has 270 valence electrons. The first-order chi connectivity index (χ1) is 23.6. The van der Waals surface area contributed by atoms with Gasteiger partial charge in [0.05, 0.1) is 0 Å². The number of esters is 1. The first-order valence-electron chi connectivity index (χ1n) is 19.2. The molecule has 0 spiro atoms. The molecule has 1 unspecified atom stereocenters. The number of carboxylic acids is 1. The fourth-order valence-electron chi connectivity index (χ4n) is 5.05. The van der Waals surface area contributed by atoms with E-state index >= 15 is 0 Å². The first kappa shape index (κ1) is 44.9. The summed E-state index contributed by atoms with van der Waals surface area (Å²) in [6.07, 6.45) is 57.0. The second-order valence-corrected chi connectivity index (χ2v) is 12.3. The van der Waals surface area contributed by atoms with Gasteiger partial charge in [-0.3, -0.25) is 9.59 Å². The molecule has 0 aromatic carbocycles. The quantitative estimate of drug-likeness (QED) is 0.0431. The number of allylic oxidation sites excluding steroid dienone is 16. The minimum atomic E-state index is -0.719. The van der Waals surface area contributed by atoms with Gasteiger partial charge in [0.15, 0.2) is 0 Å². The molecular formula is C44H70O4. The van der Waals surface area contributed by atoms with Gasteiger partial charge in [-0.1, -0.05) is 143 Å². The van der Waals surface area contributed by atoms with Crippen LogP contribution in [0.15, 0.2) is 97.2 Å². The zero-order valence-corrected chi connectivity index (χ0v) is 30.8. The summed E-state index contributed by atoms with van der Waals surface area (Å²) in [5.74, 6) is -0.783. The van der Waals surface area contributed by atoms with Crippen LogP contribution in [0.1, 0.15) is 162 Å². The van der Waals surface area contributed by atoms with E-state index in [4.69, 9.17) is 9.84 Å². The molecule has 1 N–H and O–H groups in total. The SMILES string of the molecule is CC/C=C\C/C=C\C/C=C\C/C=C\CCCCCCC(=O)OC(CC/C=C\C/C=C\C/C=C\C/C=C\CC)CCCCCCCC(=O)O. The van der Waals surface area contributed by atoms with E-state index in [1.165, 1.54) is 0 Å². The Morgan fingerprint density at radius 2 is 0.854 bits per heavy atom. The third kappa shape index (κ3) is 37.3. The number of aliphatic carboxylic acids is 1. The zero-order chi connectivity index (χ0) is 35.0. The van der Waals surface area contributed by atoms with E-state index in [1.54, 1.807) is 0 Å².